The maximum Gasteiger partial charge on any atom is 0.240 e. The van der Waals surface area contributed by atoms with Gasteiger partial charge in [-0.1, -0.05) is 20.3 Å². The van der Waals surface area contributed by atoms with Crippen LogP contribution in [-0.4, -0.2) is 67.4 Å². The molecule has 0 aromatic rings. The Morgan fingerprint density at radius 2 is 1.88 bits per heavy atom. The molecule has 2 atom stereocenters. The predicted molar refractivity (Wildman–Crippen MR) is 102 cm³/mol. The molecule has 2 heterocycles. The minimum Gasteiger partial charge on any atom is -0.381 e. The van der Waals surface area contributed by atoms with Crippen LogP contribution in [-0.2, 0) is 14.3 Å². The van der Waals surface area contributed by atoms with Crippen molar-refractivity contribution in [2.24, 2.45) is 11.1 Å². The number of rotatable bonds is 6. The SMILES string of the molecule is CCOC1CC(N)(C(=O)NCC2(N3CCCCC3)CCOCC2)C1(C)C. The smallest absolute Gasteiger partial charge is 0.240 e. The molecular weight excluding hydrogens is 330 g/mol. The molecule has 0 bridgehead atoms. The molecule has 26 heavy (non-hydrogen) atoms. The minimum atomic E-state index is -0.846. The summed E-state index contributed by atoms with van der Waals surface area (Å²) in [5, 5.41) is 3.23. The van der Waals surface area contributed by atoms with Gasteiger partial charge in [0.2, 0.25) is 5.91 Å². The average molecular weight is 368 g/mol. The Bertz CT molecular complexity index is 499. The summed E-state index contributed by atoms with van der Waals surface area (Å²) in [6.07, 6.45) is 6.43. The molecule has 0 radical (unpaired) electrons. The average Bonchev–Trinajstić information content (AvgIpc) is 2.67. The molecule has 1 amide bonds. The van der Waals surface area contributed by atoms with Crippen molar-refractivity contribution in [2.75, 3.05) is 39.5 Å². The third kappa shape index (κ3) is 3.41. The van der Waals surface area contributed by atoms with Crippen LogP contribution < -0.4 is 11.1 Å². The first-order valence-electron chi connectivity index (χ1n) is 10.4. The number of nitrogens with zero attached hydrogens (tertiary/aromatic N) is 1. The second-order valence-corrected chi connectivity index (χ2v) is 8.91. The van der Waals surface area contributed by atoms with Crippen molar-refractivity contribution in [1.29, 1.82) is 0 Å². The first kappa shape index (κ1) is 20.1. The molecule has 0 spiro atoms. The fourth-order valence-electron chi connectivity index (χ4n) is 4.95. The van der Waals surface area contributed by atoms with E-state index in [1.807, 2.05) is 20.8 Å². The Labute approximate surface area is 158 Å². The van der Waals surface area contributed by atoms with E-state index in [4.69, 9.17) is 15.2 Å². The Kier molecular flexibility index (Phi) is 5.97. The van der Waals surface area contributed by atoms with Crippen molar-refractivity contribution in [3.05, 3.63) is 0 Å². The van der Waals surface area contributed by atoms with Gasteiger partial charge in [-0.05, 0) is 45.7 Å². The highest BCUT2D eigenvalue weighted by Crippen LogP contribution is 2.50. The van der Waals surface area contributed by atoms with Gasteiger partial charge in [0.1, 0.15) is 5.54 Å². The van der Waals surface area contributed by atoms with Crippen LogP contribution in [0, 0.1) is 5.41 Å². The van der Waals surface area contributed by atoms with Gasteiger partial charge in [0.25, 0.3) is 0 Å². The van der Waals surface area contributed by atoms with E-state index < -0.39 is 5.54 Å². The number of amides is 1. The number of likely N-dealkylation sites (tertiary alicyclic amines) is 1. The van der Waals surface area contributed by atoms with E-state index in [1.165, 1.54) is 19.3 Å². The zero-order valence-corrected chi connectivity index (χ0v) is 16.8. The van der Waals surface area contributed by atoms with E-state index in [2.05, 4.69) is 10.2 Å². The van der Waals surface area contributed by atoms with E-state index >= 15 is 0 Å². The van der Waals surface area contributed by atoms with Gasteiger partial charge >= 0.3 is 0 Å². The summed E-state index contributed by atoms with van der Waals surface area (Å²) in [6.45, 7) is 11.2. The molecule has 150 valence electrons. The van der Waals surface area contributed by atoms with Gasteiger partial charge in [-0.3, -0.25) is 9.69 Å². The van der Waals surface area contributed by atoms with E-state index in [0.717, 1.165) is 39.1 Å². The number of ether oxygens (including phenoxy) is 2. The van der Waals surface area contributed by atoms with Gasteiger partial charge in [-0.15, -0.1) is 0 Å². The number of piperidine rings is 1. The molecule has 3 N–H and O–H groups in total. The third-order valence-corrected chi connectivity index (χ3v) is 7.26. The zero-order valence-electron chi connectivity index (χ0n) is 16.8. The van der Waals surface area contributed by atoms with E-state index in [0.29, 0.717) is 19.6 Å². The van der Waals surface area contributed by atoms with Gasteiger partial charge < -0.3 is 20.5 Å². The molecule has 3 rings (SSSR count). The van der Waals surface area contributed by atoms with Crippen LogP contribution >= 0.6 is 0 Å². The van der Waals surface area contributed by atoms with Gasteiger partial charge in [0.05, 0.1) is 6.10 Å². The van der Waals surface area contributed by atoms with Crippen LogP contribution in [0.2, 0.25) is 0 Å². The summed E-state index contributed by atoms with van der Waals surface area (Å²) in [5.41, 5.74) is 5.39. The Hall–Kier alpha value is -0.690. The molecule has 0 aromatic heterocycles. The van der Waals surface area contributed by atoms with Crippen LogP contribution in [0.4, 0.5) is 0 Å². The summed E-state index contributed by atoms with van der Waals surface area (Å²) >= 11 is 0. The Morgan fingerprint density at radius 3 is 2.46 bits per heavy atom. The number of carbonyl (C=O) groups is 1. The third-order valence-electron chi connectivity index (χ3n) is 7.26. The summed E-state index contributed by atoms with van der Waals surface area (Å²) in [5.74, 6) is -0.0265. The van der Waals surface area contributed by atoms with Crippen LogP contribution in [0.1, 0.15) is 59.3 Å². The maximum atomic E-state index is 13.0. The van der Waals surface area contributed by atoms with Crippen molar-refractivity contribution < 1.29 is 14.3 Å². The first-order valence-corrected chi connectivity index (χ1v) is 10.4. The lowest BCUT2D eigenvalue weighted by Crippen LogP contribution is -2.76. The van der Waals surface area contributed by atoms with Gasteiger partial charge in [0.15, 0.2) is 0 Å². The predicted octanol–water partition coefficient (Wildman–Crippen LogP) is 1.67. The molecule has 0 aromatic carbocycles. The minimum absolute atomic E-state index is 0.0257. The first-order chi connectivity index (χ1) is 12.4. The van der Waals surface area contributed by atoms with Crippen LogP contribution in [0.3, 0.4) is 0 Å². The van der Waals surface area contributed by atoms with Gasteiger partial charge in [0, 0.05) is 43.7 Å². The molecule has 6 nitrogen and oxygen atoms in total. The van der Waals surface area contributed by atoms with E-state index in [9.17, 15) is 4.79 Å². The maximum absolute atomic E-state index is 13.0. The normalized spacial score (nSPS) is 34.1. The summed E-state index contributed by atoms with van der Waals surface area (Å²) in [7, 11) is 0. The van der Waals surface area contributed by atoms with Crippen molar-refractivity contribution in [3.8, 4) is 0 Å². The lowest BCUT2D eigenvalue weighted by molar-refractivity contribution is -0.171. The molecular formula is C20H37N3O3. The molecule has 1 saturated carbocycles. The van der Waals surface area contributed by atoms with Crippen molar-refractivity contribution in [3.63, 3.8) is 0 Å². The summed E-state index contributed by atoms with van der Waals surface area (Å²) in [4.78, 5) is 15.6. The van der Waals surface area contributed by atoms with Gasteiger partial charge in [-0.2, -0.15) is 0 Å². The number of nitrogens with one attached hydrogen (secondary N) is 1. The molecule has 2 unspecified atom stereocenters. The lowest BCUT2D eigenvalue weighted by atomic mass is 9.54. The fourth-order valence-corrected chi connectivity index (χ4v) is 4.95. The Balaban J connectivity index is 1.64. The number of nitrogens with two attached hydrogens (primary N) is 1. The Morgan fingerprint density at radius 1 is 1.23 bits per heavy atom. The highest BCUT2D eigenvalue weighted by molar-refractivity contribution is 5.88. The standard InChI is InChI=1S/C20H37N3O3/c1-4-26-16-14-20(21,18(16,2)3)17(24)22-15-19(8-12-25-13-9-19)23-10-6-5-7-11-23/h16H,4-15,21H2,1-3H3,(H,22,24). The number of hydrogen-bond acceptors (Lipinski definition) is 5. The molecule has 1 aliphatic carbocycles. The molecule has 6 heteroatoms. The second kappa shape index (κ2) is 7.74. The van der Waals surface area contributed by atoms with E-state index in [-0.39, 0.29) is 23.0 Å². The van der Waals surface area contributed by atoms with E-state index in [1.54, 1.807) is 0 Å². The van der Waals surface area contributed by atoms with Crippen LogP contribution in [0.15, 0.2) is 0 Å². The van der Waals surface area contributed by atoms with Crippen LogP contribution in [0.5, 0.6) is 0 Å². The highest BCUT2D eigenvalue weighted by Gasteiger charge is 2.63. The second-order valence-electron chi connectivity index (χ2n) is 8.91. The van der Waals surface area contributed by atoms with Crippen molar-refractivity contribution in [1.82, 2.24) is 10.2 Å². The monoisotopic (exact) mass is 367 g/mol. The molecule has 2 saturated heterocycles. The van der Waals surface area contributed by atoms with Crippen LogP contribution in [0.25, 0.3) is 0 Å². The lowest BCUT2D eigenvalue weighted by Gasteiger charge is -2.58. The zero-order chi connectivity index (χ0) is 18.8. The number of carbonyl (C=O) groups excluding carboxylic acids is 1. The topological polar surface area (TPSA) is 76.8 Å². The van der Waals surface area contributed by atoms with Crippen molar-refractivity contribution >= 4 is 5.91 Å². The fraction of sp³-hybridized carbons (Fsp3) is 0.950. The summed E-state index contributed by atoms with van der Waals surface area (Å²) in [6, 6.07) is 0. The van der Waals surface area contributed by atoms with Crippen molar-refractivity contribution in [2.45, 2.75) is 76.5 Å². The quantitative estimate of drug-likeness (QED) is 0.747. The number of hydrogen-bond donors (Lipinski definition) is 2. The molecule has 3 fully saturated rings. The summed E-state index contributed by atoms with van der Waals surface area (Å²) < 4.78 is 11.4. The largest absolute Gasteiger partial charge is 0.381 e. The van der Waals surface area contributed by atoms with Gasteiger partial charge in [-0.25, -0.2) is 0 Å². The molecule has 2 aliphatic heterocycles. The highest BCUT2D eigenvalue weighted by atomic mass is 16.5. The molecule has 3 aliphatic rings.